The topological polar surface area (TPSA) is 71.6 Å². The number of nitrogens with zero attached hydrogens (tertiary/aromatic N) is 2. The summed E-state index contributed by atoms with van der Waals surface area (Å²) in [6, 6.07) is 3.76. The average molecular weight is 279 g/mol. The number of nitrogens with two attached hydrogens (primary N) is 1. The van der Waals surface area contributed by atoms with Crippen LogP contribution in [0, 0.1) is 11.8 Å². The lowest BCUT2D eigenvalue weighted by Gasteiger charge is -2.35. The molecular formula is C15H25N3O2. The van der Waals surface area contributed by atoms with E-state index in [2.05, 4.69) is 30.7 Å². The van der Waals surface area contributed by atoms with E-state index in [1.54, 1.807) is 0 Å². The fraction of sp³-hybridized carbons (Fsp3) is 0.667. The van der Waals surface area contributed by atoms with Gasteiger partial charge in [0.25, 0.3) is 0 Å². The fourth-order valence-electron chi connectivity index (χ4n) is 2.32. The maximum Gasteiger partial charge on any atom is 0.239 e. The largest absolute Gasteiger partial charge is 0.476 e. The van der Waals surface area contributed by atoms with Gasteiger partial charge in [-0.25, -0.2) is 0 Å². The first-order valence-corrected chi connectivity index (χ1v) is 7.29. The van der Waals surface area contributed by atoms with E-state index in [1.165, 1.54) is 0 Å². The zero-order valence-electron chi connectivity index (χ0n) is 12.5. The molecule has 2 atom stereocenters. The summed E-state index contributed by atoms with van der Waals surface area (Å²) in [5, 5.41) is 9.79. The lowest BCUT2D eigenvalue weighted by Crippen LogP contribution is -2.42. The van der Waals surface area contributed by atoms with Crippen LogP contribution in [0.1, 0.15) is 27.2 Å². The van der Waals surface area contributed by atoms with Gasteiger partial charge in [-0.3, -0.25) is 0 Å². The summed E-state index contributed by atoms with van der Waals surface area (Å²) in [6.07, 6.45) is 0.562. The number of aliphatic hydroxyl groups excluding tert-OH is 1. The van der Waals surface area contributed by atoms with E-state index in [0.717, 1.165) is 25.3 Å². The van der Waals surface area contributed by atoms with Crippen LogP contribution in [0.2, 0.25) is 0 Å². The Morgan fingerprint density at radius 2 is 2.25 bits per heavy atom. The summed E-state index contributed by atoms with van der Waals surface area (Å²) in [5.74, 6) is 2.07. The second kappa shape index (κ2) is 6.31. The quantitative estimate of drug-likeness (QED) is 0.881. The van der Waals surface area contributed by atoms with E-state index in [0.29, 0.717) is 24.1 Å². The van der Waals surface area contributed by atoms with Gasteiger partial charge in [-0.05, 0) is 30.4 Å². The Bertz CT molecular complexity index is 451. The molecule has 5 heteroatoms. The Hall–Kier alpha value is -1.49. The SMILES string of the molecule is CC(C)COc1nc(N2CCC(O)C(C)C2)ccc1N. The molecule has 5 nitrogen and oxygen atoms in total. The van der Waals surface area contributed by atoms with Crippen LogP contribution in [0.3, 0.4) is 0 Å². The zero-order chi connectivity index (χ0) is 14.7. The van der Waals surface area contributed by atoms with Gasteiger partial charge in [-0.15, -0.1) is 0 Å². The van der Waals surface area contributed by atoms with E-state index < -0.39 is 0 Å². The highest BCUT2D eigenvalue weighted by Crippen LogP contribution is 2.27. The summed E-state index contributed by atoms with van der Waals surface area (Å²) >= 11 is 0. The van der Waals surface area contributed by atoms with E-state index in [4.69, 9.17) is 10.5 Å². The van der Waals surface area contributed by atoms with Crippen molar-refractivity contribution in [3.05, 3.63) is 12.1 Å². The van der Waals surface area contributed by atoms with Gasteiger partial charge in [-0.1, -0.05) is 20.8 Å². The number of hydrogen-bond donors (Lipinski definition) is 2. The zero-order valence-corrected chi connectivity index (χ0v) is 12.5. The lowest BCUT2D eigenvalue weighted by molar-refractivity contribution is 0.0968. The predicted molar refractivity (Wildman–Crippen MR) is 81.0 cm³/mol. The highest BCUT2D eigenvalue weighted by Gasteiger charge is 2.25. The number of rotatable bonds is 4. The molecule has 1 aromatic rings. The van der Waals surface area contributed by atoms with Gasteiger partial charge in [0.15, 0.2) is 0 Å². The van der Waals surface area contributed by atoms with E-state index in [9.17, 15) is 5.11 Å². The number of anilines is 2. The molecular weight excluding hydrogens is 254 g/mol. The van der Waals surface area contributed by atoms with Crippen LogP contribution < -0.4 is 15.4 Å². The van der Waals surface area contributed by atoms with Crippen molar-refractivity contribution in [2.45, 2.75) is 33.3 Å². The minimum absolute atomic E-state index is 0.211. The van der Waals surface area contributed by atoms with Gasteiger partial charge in [0.05, 0.1) is 18.4 Å². The molecule has 0 radical (unpaired) electrons. The maximum atomic E-state index is 9.79. The Morgan fingerprint density at radius 3 is 2.90 bits per heavy atom. The van der Waals surface area contributed by atoms with Gasteiger partial charge < -0.3 is 20.5 Å². The van der Waals surface area contributed by atoms with Crippen molar-refractivity contribution >= 4 is 11.5 Å². The molecule has 2 heterocycles. The van der Waals surface area contributed by atoms with Crippen LogP contribution in [0.4, 0.5) is 11.5 Å². The van der Waals surface area contributed by atoms with Crippen LogP contribution in [0.25, 0.3) is 0 Å². The minimum Gasteiger partial charge on any atom is -0.476 e. The number of pyridine rings is 1. The number of ether oxygens (including phenoxy) is 1. The van der Waals surface area contributed by atoms with Crippen molar-refractivity contribution in [3.8, 4) is 5.88 Å². The molecule has 1 aliphatic rings. The van der Waals surface area contributed by atoms with Gasteiger partial charge in [-0.2, -0.15) is 4.98 Å². The standard InChI is InChI=1S/C15H25N3O2/c1-10(2)9-20-15-12(16)4-5-14(17-15)18-7-6-13(19)11(3)8-18/h4-5,10-11,13,19H,6-9,16H2,1-3H3. The van der Waals surface area contributed by atoms with Crippen LogP contribution in [-0.2, 0) is 0 Å². The van der Waals surface area contributed by atoms with Crippen LogP contribution >= 0.6 is 0 Å². The Balaban J connectivity index is 2.10. The third-order valence-corrected chi connectivity index (χ3v) is 3.61. The molecule has 0 saturated carbocycles. The molecule has 0 amide bonds. The number of nitrogen functional groups attached to an aromatic ring is 1. The van der Waals surface area contributed by atoms with E-state index in [-0.39, 0.29) is 12.0 Å². The second-order valence-electron chi connectivity index (χ2n) is 6.05. The smallest absolute Gasteiger partial charge is 0.239 e. The molecule has 1 saturated heterocycles. The molecule has 0 bridgehead atoms. The average Bonchev–Trinajstić information content (AvgIpc) is 2.41. The summed E-state index contributed by atoms with van der Waals surface area (Å²) in [6.45, 7) is 8.47. The van der Waals surface area contributed by atoms with Crippen molar-refractivity contribution < 1.29 is 9.84 Å². The molecule has 1 aromatic heterocycles. The Morgan fingerprint density at radius 1 is 1.50 bits per heavy atom. The monoisotopic (exact) mass is 279 g/mol. The van der Waals surface area contributed by atoms with Crippen molar-refractivity contribution in [3.63, 3.8) is 0 Å². The summed E-state index contributed by atoms with van der Waals surface area (Å²) in [5.41, 5.74) is 6.48. The predicted octanol–water partition coefficient (Wildman–Crippen LogP) is 1.91. The Labute approximate surface area is 120 Å². The first-order valence-electron chi connectivity index (χ1n) is 7.29. The molecule has 112 valence electrons. The van der Waals surface area contributed by atoms with Crippen LogP contribution in [0.5, 0.6) is 5.88 Å². The number of hydrogen-bond acceptors (Lipinski definition) is 5. The maximum absolute atomic E-state index is 9.79. The third kappa shape index (κ3) is 3.54. The minimum atomic E-state index is -0.211. The van der Waals surface area contributed by atoms with Gasteiger partial charge >= 0.3 is 0 Å². The highest BCUT2D eigenvalue weighted by atomic mass is 16.5. The van der Waals surface area contributed by atoms with Gasteiger partial charge in [0, 0.05) is 13.1 Å². The molecule has 20 heavy (non-hydrogen) atoms. The lowest BCUT2D eigenvalue weighted by atomic mass is 9.97. The molecule has 1 aliphatic heterocycles. The normalized spacial score (nSPS) is 23.1. The molecule has 1 fully saturated rings. The molecule has 2 unspecified atom stereocenters. The number of aliphatic hydroxyl groups is 1. The van der Waals surface area contributed by atoms with Crippen molar-refractivity contribution in [2.24, 2.45) is 11.8 Å². The van der Waals surface area contributed by atoms with Crippen LogP contribution in [-0.4, -0.2) is 35.9 Å². The summed E-state index contributed by atoms with van der Waals surface area (Å²) in [7, 11) is 0. The number of piperidine rings is 1. The van der Waals surface area contributed by atoms with Gasteiger partial charge in [0.2, 0.25) is 5.88 Å². The first kappa shape index (κ1) is 14.9. The first-order chi connectivity index (χ1) is 9.47. The second-order valence-corrected chi connectivity index (χ2v) is 6.05. The van der Waals surface area contributed by atoms with Crippen molar-refractivity contribution in [2.75, 3.05) is 30.3 Å². The van der Waals surface area contributed by atoms with E-state index >= 15 is 0 Å². The Kier molecular flexibility index (Phi) is 4.70. The number of aromatic nitrogens is 1. The van der Waals surface area contributed by atoms with Crippen LogP contribution in [0.15, 0.2) is 12.1 Å². The van der Waals surface area contributed by atoms with Crippen molar-refractivity contribution in [1.82, 2.24) is 4.98 Å². The highest BCUT2D eigenvalue weighted by molar-refractivity contribution is 5.54. The summed E-state index contributed by atoms with van der Waals surface area (Å²) in [4.78, 5) is 6.70. The molecule has 0 aromatic carbocycles. The fourth-order valence-corrected chi connectivity index (χ4v) is 2.32. The van der Waals surface area contributed by atoms with E-state index in [1.807, 2.05) is 12.1 Å². The van der Waals surface area contributed by atoms with Gasteiger partial charge in [0.1, 0.15) is 5.82 Å². The molecule has 0 aliphatic carbocycles. The summed E-state index contributed by atoms with van der Waals surface area (Å²) < 4.78 is 5.67. The molecule has 3 N–H and O–H groups in total. The third-order valence-electron chi connectivity index (χ3n) is 3.61. The van der Waals surface area contributed by atoms with Crippen molar-refractivity contribution in [1.29, 1.82) is 0 Å². The molecule has 2 rings (SSSR count). The molecule has 0 spiro atoms.